The molecule has 5 aromatic rings. The molecule has 0 bridgehead atoms. The molecule has 10 nitrogen and oxygen atoms in total. The summed E-state index contributed by atoms with van der Waals surface area (Å²) in [5.74, 6) is -3.33. The first-order chi connectivity index (χ1) is 19.8. The average Bonchev–Trinajstić information content (AvgIpc) is 3.56. The van der Waals surface area contributed by atoms with Crippen LogP contribution in [0.25, 0.3) is 38.9 Å². The number of benzene rings is 2. The molecule has 15 heteroatoms. The van der Waals surface area contributed by atoms with E-state index in [1.165, 1.54) is 22.8 Å². The molecule has 0 aliphatic heterocycles. The van der Waals surface area contributed by atoms with E-state index in [0.717, 1.165) is 11.9 Å². The van der Waals surface area contributed by atoms with E-state index in [9.17, 15) is 26.7 Å². The maximum Gasteiger partial charge on any atom is 0.490 e. The van der Waals surface area contributed by atoms with Crippen LogP contribution in [0.2, 0.25) is 0 Å². The van der Waals surface area contributed by atoms with Crippen LogP contribution < -0.4 is 5.69 Å². The number of nitrogens with one attached hydrogen (secondary N) is 1. The smallest absolute Gasteiger partial charge is 0.475 e. The average molecular weight is 592 g/mol. The zero-order chi connectivity index (χ0) is 30.8. The van der Waals surface area contributed by atoms with Gasteiger partial charge in [-0.1, -0.05) is 6.07 Å². The standard InChI is InChI=1S/C25H25F2N7O.C2HF3O2/c1-31(2)15-28-10-5-11-33-14-22(17-12-16(26)8-9-20(17)33)34-24(29-30-25(34)35)18-13-32(3)21-7-4-6-19(27)23(18)21;3-2(4,5)1(6)7/h4,6-9,12-15H,5,10-11H2,1-3H3,(H,30,35);(H,6,7). The number of nitrogens with zero attached hydrogens (tertiary/aromatic N) is 6. The van der Waals surface area contributed by atoms with Crippen molar-refractivity contribution >= 4 is 34.1 Å². The number of halogens is 5. The number of carboxylic acid groups (broad SMARTS) is 1. The van der Waals surface area contributed by atoms with E-state index in [-0.39, 0.29) is 5.82 Å². The highest BCUT2D eigenvalue weighted by Gasteiger charge is 2.38. The van der Waals surface area contributed by atoms with Gasteiger partial charge in [0.25, 0.3) is 0 Å². The van der Waals surface area contributed by atoms with Gasteiger partial charge < -0.3 is 19.1 Å². The van der Waals surface area contributed by atoms with E-state index < -0.39 is 29.5 Å². The largest absolute Gasteiger partial charge is 0.490 e. The third-order valence-electron chi connectivity index (χ3n) is 6.18. The molecule has 3 aromatic heterocycles. The van der Waals surface area contributed by atoms with Crippen molar-refractivity contribution in [3.8, 4) is 17.1 Å². The van der Waals surface area contributed by atoms with Gasteiger partial charge in [0.1, 0.15) is 11.6 Å². The number of carbonyl (C=O) groups is 1. The Hall–Kier alpha value is -4.95. The lowest BCUT2D eigenvalue weighted by Crippen LogP contribution is -2.21. The lowest BCUT2D eigenvalue weighted by atomic mass is 10.1. The van der Waals surface area contributed by atoms with E-state index in [0.29, 0.717) is 40.6 Å². The predicted molar refractivity (Wildman–Crippen MR) is 147 cm³/mol. The molecular weight excluding hydrogens is 565 g/mol. The van der Waals surface area contributed by atoms with Crippen molar-refractivity contribution in [1.82, 2.24) is 28.8 Å². The number of alkyl halides is 3. The normalized spacial score (nSPS) is 11.8. The summed E-state index contributed by atoms with van der Waals surface area (Å²) in [5.41, 5.74) is 1.90. The fraction of sp³-hybridized carbons (Fsp3) is 0.259. The maximum atomic E-state index is 14.8. The van der Waals surface area contributed by atoms with Crippen LogP contribution in [0.1, 0.15) is 6.42 Å². The van der Waals surface area contributed by atoms with E-state index >= 15 is 0 Å². The summed E-state index contributed by atoms with van der Waals surface area (Å²) in [6.45, 7) is 1.25. The van der Waals surface area contributed by atoms with E-state index in [4.69, 9.17) is 9.90 Å². The van der Waals surface area contributed by atoms with Crippen LogP contribution in [-0.4, -0.2) is 73.0 Å². The molecule has 2 N–H and O–H groups in total. The fourth-order valence-electron chi connectivity index (χ4n) is 4.44. The summed E-state index contributed by atoms with van der Waals surface area (Å²) in [6.07, 6.45) is 0.978. The Morgan fingerprint density at radius 2 is 1.86 bits per heavy atom. The van der Waals surface area contributed by atoms with E-state index in [2.05, 4.69) is 15.2 Å². The Balaban J connectivity index is 0.000000517. The molecule has 0 amide bonds. The minimum absolute atomic E-state index is 0.254. The Kier molecular flexibility index (Phi) is 8.49. The van der Waals surface area contributed by atoms with Crippen molar-refractivity contribution in [2.24, 2.45) is 12.0 Å². The Labute approximate surface area is 234 Å². The van der Waals surface area contributed by atoms with Crippen molar-refractivity contribution < 1.29 is 31.9 Å². The summed E-state index contributed by atoms with van der Waals surface area (Å²) >= 11 is 0. The molecule has 222 valence electrons. The molecule has 0 aliphatic rings. The number of aliphatic carboxylic acids is 1. The second kappa shape index (κ2) is 11.9. The number of hydrogen-bond acceptors (Lipinski definition) is 4. The van der Waals surface area contributed by atoms with Gasteiger partial charge in [0, 0.05) is 63.0 Å². The summed E-state index contributed by atoms with van der Waals surface area (Å²) in [4.78, 5) is 28.1. The zero-order valence-corrected chi connectivity index (χ0v) is 22.7. The topological polar surface area (TPSA) is 113 Å². The van der Waals surface area contributed by atoms with Crippen molar-refractivity contribution in [3.63, 3.8) is 0 Å². The third kappa shape index (κ3) is 6.19. The molecule has 0 fully saturated rings. The number of aryl methyl sites for hydroxylation is 2. The number of fused-ring (bicyclic) bond motifs is 2. The first-order valence-corrected chi connectivity index (χ1v) is 12.5. The van der Waals surface area contributed by atoms with E-state index in [1.807, 2.05) is 29.8 Å². The van der Waals surface area contributed by atoms with Crippen molar-refractivity contribution in [1.29, 1.82) is 0 Å². The number of aromatic nitrogens is 5. The van der Waals surface area contributed by atoms with Gasteiger partial charge in [-0.25, -0.2) is 28.0 Å². The molecule has 0 spiro atoms. The fourth-order valence-corrected chi connectivity index (χ4v) is 4.44. The lowest BCUT2D eigenvalue weighted by molar-refractivity contribution is -0.192. The van der Waals surface area contributed by atoms with Gasteiger partial charge in [-0.15, -0.1) is 0 Å². The molecule has 5 rings (SSSR count). The quantitative estimate of drug-likeness (QED) is 0.125. The molecule has 0 saturated carbocycles. The van der Waals surface area contributed by atoms with Gasteiger partial charge in [-0.2, -0.15) is 18.3 Å². The number of aliphatic imine (C=N–C) groups is 1. The molecule has 0 saturated heterocycles. The van der Waals surface area contributed by atoms with Gasteiger partial charge in [0.05, 0.1) is 23.1 Å². The van der Waals surface area contributed by atoms with E-state index in [1.54, 1.807) is 42.3 Å². The highest BCUT2D eigenvalue weighted by molar-refractivity contribution is 5.96. The monoisotopic (exact) mass is 591 g/mol. The van der Waals surface area contributed by atoms with Crippen LogP contribution in [0, 0.1) is 11.6 Å². The van der Waals surface area contributed by atoms with Crippen LogP contribution in [0.4, 0.5) is 22.0 Å². The zero-order valence-electron chi connectivity index (χ0n) is 22.7. The number of hydrogen-bond donors (Lipinski definition) is 2. The molecular formula is C27H26F5N7O3. The van der Waals surface area contributed by atoms with Crippen LogP contribution in [0.3, 0.4) is 0 Å². The van der Waals surface area contributed by atoms with Gasteiger partial charge in [0.15, 0.2) is 5.82 Å². The summed E-state index contributed by atoms with van der Waals surface area (Å²) in [5, 5.41) is 14.8. The minimum atomic E-state index is -5.08. The Morgan fingerprint density at radius 1 is 1.14 bits per heavy atom. The van der Waals surface area contributed by atoms with Crippen molar-refractivity contribution in [3.05, 3.63) is 70.9 Å². The number of rotatable bonds is 7. The van der Waals surface area contributed by atoms with Gasteiger partial charge >= 0.3 is 17.8 Å². The van der Waals surface area contributed by atoms with Gasteiger partial charge in [-0.05, 0) is 36.8 Å². The van der Waals surface area contributed by atoms with Crippen LogP contribution >= 0.6 is 0 Å². The molecule has 0 radical (unpaired) electrons. The molecule has 0 unspecified atom stereocenters. The Morgan fingerprint density at radius 3 is 2.52 bits per heavy atom. The second-order valence-electron chi connectivity index (χ2n) is 9.49. The van der Waals surface area contributed by atoms with Crippen LogP contribution in [0.5, 0.6) is 0 Å². The second-order valence-corrected chi connectivity index (χ2v) is 9.49. The summed E-state index contributed by atoms with van der Waals surface area (Å²) in [7, 11) is 5.62. The first-order valence-electron chi connectivity index (χ1n) is 12.5. The number of carboxylic acids is 1. The highest BCUT2D eigenvalue weighted by Crippen LogP contribution is 2.33. The molecule has 0 atom stereocenters. The van der Waals surface area contributed by atoms with Crippen LogP contribution in [-0.2, 0) is 18.4 Å². The molecule has 0 aliphatic carbocycles. The highest BCUT2D eigenvalue weighted by atomic mass is 19.4. The van der Waals surface area contributed by atoms with Crippen LogP contribution in [0.15, 0.2) is 58.6 Å². The summed E-state index contributed by atoms with van der Waals surface area (Å²) in [6, 6.07) is 9.31. The molecule has 42 heavy (non-hydrogen) atoms. The SMILES string of the molecule is CN(C)C=NCCCn1cc(-n2c(-c3cn(C)c4cccc(F)c34)n[nH]c2=O)c2cc(F)ccc21.O=C(O)C(F)(F)F. The predicted octanol–water partition coefficient (Wildman–Crippen LogP) is 4.57. The van der Waals surface area contributed by atoms with Crippen molar-refractivity contribution in [2.45, 2.75) is 19.1 Å². The number of aromatic amines is 1. The van der Waals surface area contributed by atoms with Gasteiger partial charge in [0.2, 0.25) is 0 Å². The Bertz CT molecular complexity index is 1830. The number of H-pyrrole nitrogens is 1. The molecule has 2 aromatic carbocycles. The van der Waals surface area contributed by atoms with Crippen molar-refractivity contribution in [2.75, 3.05) is 20.6 Å². The lowest BCUT2D eigenvalue weighted by Gasteiger charge is -2.05. The summed E-state index contributed by atoms with van der Waals surface area (Å²) < 4.78 is 66.0. The maximum absolute atomic E-state index is 14.8. The minimum Gasteiger partial charge on any atom is -0.475 e. The first kappa shape index (κ1) is 30.0. The molecule has 3 heterocycles. The third-order valence-corrected chi connectivity index (χ3v) is 6.18. The van der Waals surface area contributed by atoms with Gasteiger partial charge in [-0.3, -0.25) is 4.99 Å².